The third kappa shape index (κ3) is 2.09. The molecular weight excluding hydrogens is 218 g/mol. The first kappa shape index (κ1) is 12.2. The SMILES string of the molecule is CC1CCC(NC2c3ccccc3CC2(C)C)C1. The van der Waals surface area contributed by atoms with Crippen molar-refractivity contribution in [2.75, 3.05) is 0 Å². The molecule has 1 aromatic rings. The van der Waals surface area contributed by atoms with Gasteiger partial charge in [-0.3, -0.25) is 0 Å². The molecule has 3 rings (SSSR count). The molecule has 1 N–H and O–H groups in total. The van der Waals surface area contributed by atoms with Crippen molar-refractivity contribution in [2.24, 2.45) is 11.3 Å². The maximum Gasteiger partial charge on any atom is 0.0379 e. The molecule has 0 aliphatic heterocycles. The molecule has 0 radical (unpaired) electrons. The van der Waals surface area contributed by atoms with Gasteiger partial charge in [0.15, 0.2) is 0 Å². The van der Waals surface area contributed by atoms with Gasteiger partial charge in [0, 0.05) is 12.1 Å². The summed E-state index contributed by atoms with van der Waals surface area (Å²) in [4.78, 5) is 0. The zero-order chi connectivity index (χ0) is 12.8. The predicted octanol–water partition coefficient (Wildman–Crippen LogP) is 4.09. The van der Waals surface area contributed by atoms with Crippen LogP contribution in [0, 0.1) is 11.3 Å². The van der Waals surface area contributed by atoms with Gasteiger partial charge < -0.3 is 5.32 Å². The molecule has 98 valence electrons. The van der Waals surface area contributed by atoms with Gasteiger partial charge in [-0.25, -0.2) is 0 Å². The monoisotopic (exact) mass is 243 g/mol. The average molecular weight is 243 g/mol. The highest BCUT2D eigenvalue weighted by Crippen LogP contribution is 2.46. The Morgan fingerprint density at radius 3 is 2.67 bits per heavy atom. The minimum Gasteiger partial charge on any atom is -0.307 e. The summed E-state index contributed by atoms with van der Waals surface area (Å²) in [5, 5.41) is 3.95. The molecule has 0 heterocycles. The van der Waals surface area contributed by atoms with Crippen LogP contribution >= 0.6 is 0 Å². The van der Waals surface area contributed by atoms with Crippen LogP contribution in [0.4, 0.5) is 0 Å². The lowest BCUT2D eigenvalue weighted by molar-refractivity contribution is 0.246. The van der Waals surface area contributed by atoms with Gasteiger partial charge in [0.2, 0.25) is 0 Å². The topological polar surface area (TPSA) is 12.0 Å². The summed E-state index contributed by atoms with van der Waals surface area (Å²) in [7, 11) is 0. The van der Waals surface area contributed by atoms with E-state index in [0.717, 1.165) is 12.0 Å². The van der Waals surface area contributed by atoms with Crippen LogP contribution in [0.15, 0.2) is 24.3 Å². The Hall–Kier alpha value is -0.820. The van der Waals surface area contributed by atoms with Crippen LogP contribution in [0.3, 0.4) is 0 Å². The van der Waals surface area contributed by atoms with E-state index in [0.29, 0.717) is 11.5 Å². The molecule has 0 amide bonds. The van der Waals surface area contributed by atoms with Crippen molar-refractivity contribution in [3.05, 3.63) is 35.4 Å². The van der Waals surface area contributed by atoms with E-state index in [1.54, 1.807) is 11.1 Å². The van der Waals surface area contributed by atoms with Crippen LogP contribution in [0.1, 0.15) is 57.2 Å². The number of fused-ring (bicyclic) bond motifs is 1. The van der Waals surface area contributed by atoms with Crippen LogP contribution in [0.5, 0.6) is 0 Å². The Morgan fingerprint density at radius 2 is 1.94 bits per heavy atom. The summed E-state index contributed by atoms with van der Waals surface area (Å²) in [6.45, 7) is 7.20. The van der Waals surface area contributed by atoms with Gasteiger partial charge in [-0.15, -0.1) is 0 Å². The number of nitrogens with one attached hydrogen (secondary N) is 1. The van der Waals surface area contributed by atoms with Crippen molar-refractivity contribution in [3.8, 4) is 0 Å². The minimum absolute atomic E-state index is 0.357. The van der Waals surface area contributed by atoms with Crippen molar-refractivity contribution in [1.29, 1.82) is 0 Å². The molecule has 18 heavy (non-hydrogen) atoms. The van der Waals surface area contributed by atoms with Crippen LogP contribution in [-0.2, 0) is 6.42 Å². The Bertz CT molecular complexity index is 435. The molecule has 0 bridgehead atoms. The molecule has 3 atom stereocenters. The average Bonchev–Trinajstić information content (AvgIpc) is 2.82. The van der Waals surface area contributed by atoms with Gasteiger partial charge in [0.1, 0.15) is 0 Å². The van der Waals surface area contributed by atoms with Gasteiger partial charge >= 0.3 is 0 Å². The number of hydrogen-bond acceptors (Lipinski definition) is 1. The minimum atomic E-state index is 0.357. The predicted molar refractivity (Wildman–Crippen MR) is 76.6 cm³/mol. The van der Waals surface area contributed by atoms with Gasteiger partial charge in [-0.05, 0) is 48.1 Å². The van der Waals surface area contributed by atoms with E-state index in [2.05, 4.69) is 50.4 Å². The van der Waals surface area contributed by atoms with Crippen LogP contribution < -0.4 is 5.32 Å². The second-order valence-electron chi connectivity index (χ2n) is 7.08. The van der Waals surface area contributed by atoms with E-state index in [4.69, 9.17) is 0 Å². The highest BCUT2D eigenvalue weighted by atomic mass is 15.0. The van der Waals surface area contributed by atoms with Crippen molar-refractivity contribution in [3.63, 3.8) is 0 Å². The molecule has 1 aromatic carbocycles. The summed E-state index contributed by atoms with van der Waals surface area (Å²) in [5.74, 6) is 0.905. The van der Waals surface area contributed by atoms with E-state index in [1.807, 2.05) is 0 Å². The summed E-state index contributed by atoms with van der Waals surface area (Å²) in [5.41, 5.74) is 3.45. The zero-order valence-electron chi connectivity index (χ0n) is 11.9. The lowest BCUT2D eigenvalue weighted by Gasteiger charge is -2.31. The summed E-state index contributed by atoms with van der Waals surface area (Å²) >= 11 is 0. The van der Waals surface area contributed by atoms with E-state index in [9.17, 15) is 0 Å². The lowest BCUT2D eigenvalue weighted by atomic mass is 9.85. The smallest absolute Gasteiger partial charge is 0.0379 e. The maximum atomic E-state index is 3.95. The molecule has 3 unspecified atom stereocenters. The zero-order valence-corrected chi connectivity index (χ0v) is 11.9. The number of rotatable bonds is 2. The summed E-state index contributed by atoms with van der Waals surface area (Å²) in [6.07, 6.45) is 5.32. The summed E-state index contributed by atoms with van der Waals surface area (Å²) in [6, 6.07) is 10.3. The molecule has 2 aliphatic carbocycles. The molecule has 1 fully saturated rings. The molecule has 1 nitrogen and oxygen atoms in total. The number of hydrogen-bond donors (Lipinski definition) is 1. The Balaban J connectivity index is 1.81. The largest absolute Gasteiger partial charge is 0.307 e. The Morgan fingerprint density at radius 1 is 1.17 bits per heavy atom. The quantitative estimate of drug-likeness (QED) is 0.825. The van der Waals surface area contributed by atoms with Gasteiger partial charge in [-0.2, -0.15) is 0 Å². The lowest BCUT2D eigenvalue weighted by Crippen LogP contribution is -2.37. The van der Waals surface area contributed by atoms with Crippen molar-refractivity contribution in [2.45, 2.75) is 58.5 Å². The second-order valence-corrected chi connectivity index (χ2v) is 7.08. The highest BCUT2D eigenvalue weighted by Gasteiger charge is 2.40. The molecular formula is C17H25N. The van der Waals surface area contributed by atoms with Gasteiger partial charge in [0.05, 0.1) is 0 Å². The number of benzene rings is 1. The van der Waals surface area contributed by atoms with Crippen molar-refractivity contribution >= 4 is 0 Å². The molecule has 2 aliphatic rings. The van der Waals surface area contributed by atoms with Gasteiger partial charge in [0.25, 0.3) is 0 Å². The standard InChI is InChI=1S/C17H25N/c1-12-8-9-14(10-12)18-16-15-7-5-4-6-13(15)11-17(16,2)3/h4-7,12,14,16,18H,8-11H2,1-3H3. The van der Waals surface area contributed by atoms with E-state index in [-0.39, 0.29) is 0 Å². The molecule has 1 heteroatoms. The van der Waals surface area contributed by atoms with E-state index < -0.39 is 0 Å². The molecule has 1 saturated carbocycles. The van der Waals surface area contributed by atoms with Crippen LogP contribution in [0.2, 0.25) is 0 Å². The third-order valence-electron chi connectivity index (χ3n) is 4.89. The van der Waals surface area contributed by atoms with Crippen molar-refractivity contribution < 1.29 is 0 Å². The normalized spacial score (nSPS) is 33.6. The first-order valence-corrected chi connectivity index (χ1v) is 7.40. The maximum absolute atomic E-state index is 3.95. The van der Waals surface area contributed by atoms with E-state index in [1.165, 1.54) is 25.7 Å². The molecule has 0 spiro atoms. The first-order valence-electron chi connectivity index (χ1n) is 7.40. The first-order chi connectivity index (χ1) is 8.56. The van der Waals surface area contributed by atoms with E-state index >= 15 is 0 Å². The molecule has 0 saturated heterocycles. The van der Waals surface area contributed by atoms with Crippen LogP contribution in [-0.4, -0.2) is 6.04 Å². The molecule has 0 aromatic heterocycles. The fourth-order valence-electron chi connectivity index (χ4n) is 3.90. The fraction of sp³-hybridized carbons (Fsp3) is 0.647. The fourth-order valence-corrected chi connectivity index (χ4v) is 3.90. The summed E-state index contributed by atoms with van der Waals surface area (Å²) < 4.78 is 0. The highest BCUT2D eigenvalue weighted by molar-refractivity contribution is 5.37. The van der Waals surface area contributed by atoms with Crippen molar-refractivity contribution in [1.82, 2.24) is 5.32 Å². The second kappa shape index (κ2) is 4.38. The third-order valence-corrected chi connectivity index (χ3v) is 4.89. The Labute approximate surface area is 111 Å². The van der Waals surface area contributed by atoms with Crippen LogP contribution in [0.25, 0.3) is 0 Å². The Kier molecular flexibility index (Phi) is 2.97. The van der Waals surface area contributed by atoms with Gasteiger partial charge in [-0.1, -0.05) is 45.0 Å².